The van der Waals surface area contributed by atoms with E-state index in [2.05, 4.69) is 64.6 Å². The molecule has 1 aromatic heterocycles. The van der Waals surface area contributed by atoms with Crippen molar-refractivity contribution < 1.29 is 0 Å². The van der Waals surface area contributed by atoms with Crippen LogP contribution < -0.4 is 5.43 Å². The first-order valence-electron chi connectivity index (χ1n) is 8.45. The first kappa shape index (κ1) is 16.3. The summed E-state index contributed by atoms with van der Waals surface area (Å²) in [6.45, 7) is 7.19. The van der Waals surface area contributed by atoms with Crippen LogP contribution in [0.15, 0.2) is 39.2 Å². The van der Waals surface area contributed by atoms with Crippen LogP contribution in [0.3, 0.4) is 0 Å². The van der Waals surface area contributed by atoms with Crippen LogP contribution in [0.1, 0.15) is 40.0 Å². The number of aromatic nitrogens is 1. The second kappa shape index (κ2) is 5.67. The van der Waals surface area contributed by atoms with Crippen LogP contribution in [0.5, 0.6) is 0 Å². The third-order valence-corrected chi connectivity index (χ3v) is 7.72. The van der Waals surface area contributed by atoms with E-state index in [4.69, 9.17) is 5.10 Å². The number of halogens is 1. The van der Waals surface area contributed by atoms with Gasteiger partial charge in [-0.3, -0.25) is 5.43 Å². The molecule has 0 spiro atoms. The molecule has 5 heteroatoms. The van der Waals surface area contributed by atoms with Crippen molar-refractivity contribution in [2.45, 2.75) is 40.0 Å². The zero-order valence-corrected chi connectivity index (χ0v) is 16.7. The lowest BCUT2D eigenvalue weighted by molar-refractivity contribution is 0.194. The topological polar surface area (TPSA) is 37.3 Å². The maximum atomic E-state index is 4.77. The quantitative estimate of drug-likeness (QED) is 0.620. The SMILES string of the molecule is CC12CCC(CC1=NNc1nc(-c3ccc(Br)cc3)cs1)C2(C)C. The second-order valence-electron chi connectivity index (χ2n) is 7.71. The van der Waals surface area contributed by atoms with Gasteiger partial charge in [-0.2, -0.15) is 5.10 Å². The molecular weight excluding hydrogens is 382 g/mol. The summed E-state index contributed by atoms with van der Waals surface area (Å²) < 4.78 is 1.08. The standard InChI is InChI=1S/C19H22BrN3S/c1-18(2)13-8-9-19(18,3)16(10-13)22-23-17-21-15(11-24-17)12-4-6-14(20)7-5-12/h4-7,11,13H,8-10H2,1-3H3,(H,21,23). The number of nitrogens with zero attached hydrogens (tertiary/aromatic N) is 2. The summed E-state index contributed by atoms with van der Waals surface area (Å²) in [5.74, 6) is 0.776. The first-order chi connectivity index (χ1) is 11.4. The molecular formula is C19H22BrN3S. The number of anilines is 1. The molecule has 2 atom stereocenters. The molecule has 2 aromatic rings. The largest absolute Gasteiger partial charge is 0.253 e. The van der Waals surface area contributed by atoms with Gasteiger partial charge in [-0.05, 0) is 42.7 Å². The molecule has 4 rings (SSSR count). The molecule has 0 radical (unpaired) electrons. The van der Waals surface area contributed by atoms with Crippen molar-refractivity contribution >= 4 is 38.1 Å². The van der Waals surface area contributed by atoms with Gasteiger partial charge in [-0.15, -0.1) is 11.3 Å². The van der Waals surface area contributed by atoms with Crippen molar-refractivity contribution in [1.29, 1.82) is 0 Å². The lowest BCUT2D eigenvalue weighted by Crippen LogP contribution is -2.32. The van der Waals surface area contributed by atoms with Crippen molar-refractivity contribution in [3.63, 3.8) is 0 Å². The Morgan fingerprint density at radius 3 is 2.62 bits per heavy atom. The minimum atomic E-state index is 0.233. The average molecular weight is 404 g/mol. The minimum Gasteiger partial charge on any atom is -0.253 e. The number of hydrogen-bond donors (Lipinski definition) is 1. The van der Waals surface area contributed by atoms with Crippen LogP contribution in [-0.2, 0) is 0 Å². The van der Waals surface area contributed by atoms with Gasteiger partial charge >= 0.3 is 0 Å². The number of benzene rings is 1. The van der Waals surface area contributed by atoms with Crippen LogP contribution in [0, 0.1) is 16.7 Å². The molecule has 2 saturated carbocycles. The highest BCUT2D eigenvalue weighted by Crippen LogP contribution is 2.63. The highest BCUT2D eigenvalue weighted by atomic mass is 79.9. The first-order valence-corrected chi connectivity index (χ1v) is 10.1. The van der Waals surface area contributed by atoms with Gasteiger partial charge in [0.05, 0.1) is 5.69 Å². The van der Waals surface area contributed by atoms with E-state index in [0.29, 0.717) is 5.41 Å². The van der Waals surface area contributed by atoms with Crippen molar-refractivity contribution in [3.8, 4) is 11.3 Å². The summed E-state index contributed by atoms with van der Waals surface area (Å²) in [6, 6.07) is 8.24. The van der Waals surface area contributed by atoms with Gasteiger partial charge in [0.15, 0.2) is 0 Å². The Hall–Kier alpha value is -1.20. The van der Waals surface area contributed by atoms with Crippen LogP contribution in [0.4, 0.5) is 5.13 Å². The van der Waals surface area contributed by atoms with Gasteiger partial charge < -0.3 is 0 Å². The summed E-state index contributed by atoms with van der Waals surface area (Å²) >= 11 is 5.08. The molecule has 0 saturated heterocycles. The molecule has 1 heterocycles. The lowest BCUT2D eigenvalue weighted by atomic mass is 9.70. The van der Waals surface area contributed by atoms with E-state index in [0.717, 1.165) is 33.2 Å². The smallest absolute Gasteiger partial charge is 0.203 e. The molecule has 1 aromatic carbocycles. The molecule has 2 bridgehead atoms. The lowest BCUT2D eigenvalue weighted by Gasteiger charge is -2.34. The maximum Gasteiger partial charge on any atom is 0.203 e. The predicted molar refractivity (Wildman–Crippen MR) is 106 cm³/mol. The number of fused-ring (bicyclic) bond motifs is 2. The summed E-state index contributed by atoms with van der Waals surface area (Å²) in [6.07, 6.45) is 3.72. The third kappa shape index (κ3) is 2.44. The molecule has 2 aliphatic carbocycles. The van der Waals surface area contributed by atoms with Crippen LogP contribution in [0.2, 0.25) is 0 Å². The van der Waals surface area contributed by atoms with E-state index >= 15 is 0 Å². The fraction of sp³-hybridized carbons (Fsp3) is 0.474. The van der Waals surface area contributed by atoms with Gasteiger partial charge in [0, 0.05) is 26.5 Å². The fourth-order valence-corrected chi connectivity index (χ4v) is 5.22. The Kier molecular flexibility index (Phi) is 3.84. The van der Waals surface area contributed by atoms with E-state index in [1.54, 1.807) is 11.3 Å². The Balaban J connectivity index is 1.52. The zero-order chi connectivity index (χ0) is 16.9. The van der Waals surface area contributed by atoms with Crippen molar-refractivity contribution in [2.24, 2.45) is 21.8 Å². The normalized spacial score (nSPS) is 29.3. The Bertz CT molecular complexity index is 793. The summed E-state index contributed by atoms with van der Waals surface area (Å²) in [7, 11) is 0. The van der Waals surface area contributed by atoms with Gasteiger partial charge in [0.1, 0.15) is 0 Å². The Morgan fingerprint density at radius 1 is 1.25 bits per heavy atom. The van der Waals surface area contributed by atoms with Gasteiger partial charge in [-0.1, -0.05) is 48.8 Å². The number of rotatable bonds is 3. The minimum absolute atomic E-state index is 0.233. The number of hydrazone groups is 1. The van der Waals surface area contributed by atoms with Crippen molar-refractivity contribution in [2.75, 3.05) is 5.43 Å². The zero-order valence-electron chi connectivity index (χ0n) is 14.3. The molecule has 3 nitrogen and oxygen atoms in total. The van der Waals surface area contributed by atoms with E-state index in [1.165, 1.54) is 18.6 Å². The summed E-state index contributed by atoms with van der Waals surface area (Å²) in [4.78, 5) is 4.68. The Labute approximate surface area is 155 Å². The molecule has 1 N–H and O–H groups in total. The van der Waals surface area contributed by atoms with Gasteiger partial charge in [0.2, 0.25) is 5.13 Å². The van der Waals surface area contributed by atoms with Crippen LogP contribution in [-0.4, -0.2) is 10.7 Å². The van der Waals surface area contributed by atoms with Crippen LogP contribution >= 0.6 is 27.3 Å². The monoisotopic (exact) mass is 403 g/mol. The Morgan fingerprint density at radius 2 is 2.00 bits per heavy atom. The van der Waals surface area contributed by atoms with Crippen molar-refractivity contribution in [3.05, 3.63) is 34.1 Å². The highest BCUT2D eigenvalue weighted by molar-refractivity contribution is 9.10. The average Bonchev–Trinajstić information content (AvgIpc) is 3.16. The molecule has 24 heavy (non-hydrogen) atoms. The predicted octanol–water partition coefficient (Wildman–Crippen LogP) is 6.19. The maximum absolute atomic E-state index is 4.77. The van der Waals surface area contributed by atoms with E-state index in [9.17, 15) is 0 Å². The van der Waals surface area contributed by atoms with E-state index < -0.39 is 0 Å². The molecule has 2 aliphatic rings. The number of hydrogen-bond acceptors (Lipinski definition) is 4. The van der Waals surface area contributed by atoms with Crippen LogP contribution in [0.25, 0.3) is 11.3 Å². The van der Waals surface area contributed by atoms with Crippen molar-refractivity contribution in [1.82, 2.24) is 4.98 Å². The molecule has 2 fully saturated rings. The summed E-state index contributed by atoms with van der Waals surface area (Å²) in [5.41, 5.74) is 7.26. The summed E-state index contributed by atoms with van der Waals surface area (Å²) in [5, 5.41) is 7.72. The number of nitrogens with one attached hydrogen (secondary N) is 1. The number of thiazole rings is 1. The highest BCUT2D eigenvalue weighted by Gasteiger charge is 2.59. The van der Waals surface area contributed by atoms with E-state index in [-0.39, 0.29) is 5.41 Å². The second-order valence-corrected chi connectivity index (χ2v) is 9.48. The van der Waals surface area contributed by atoms with Gasteiger partial charge in [0.25, 0.3) is 0 Å². The van der Waals surface area contributed by atoms with Gasteiger partial charge in [-0.25, -0.2) is 4.98 Å². The third-order valence-electron chi connectivity index (χ3n) is 6.44. The molecule has 0 amide bonds. The fourth-order valence-electron chi connectivity index (χ4n) is 4.29. The molecule has 126 valence electrons. The molecule has 2 unspecified atom stereocenters. The molecule has 0 aliphatic heterocycles. The van der Waals surface area contributed by atoms with E-state index in [1.807, 2.05) is 12.1 Å².